The van der Waals surface area contributed by atoms with E-state index in [1.165, 1.54) is 44.2 Å². The van der Waals surface area contributed by atoms with Crippen LogP contribution in [-0.2, 0) is 12.8 Å². The minimum absolute atomic E-state index is 0.436. The first-order chi connectivity index (χ1) is 17.1. The van der Waals surface area contributed by atoms with Gasteiger partial charge in [-0.2, -0.15) is 0 Å². The van der Waals surface area contributed by atoms with Crippen molar-refractivity contribution in [2.75, 3.05) is 0 Å². The van der Waals surface area contributed by atoms with Gasteiger partial charge in [-0.1, -0.05) is 56.3 Å². The summed E-state index contributed by atoms with van der Waals surface area (Å²) in [7, 11) is 0. The van der Waals surface area contributed by atoms with Gasteiger partial charge < -0.3 is 9.97 Å². The maximum absolute atomic E-state index is 4.95. The third kappa shape index (κ3) is 3.13. The normalized spacial score (nSPS) is 13.9. The van der Waals surface area contributed by atoms with Crippen LogP contribution in [0.5, 0.6) is 0 Å². The third-order valence-electron chi connectivity index (χ3n) is 7.82. The van der Waals surface area contributed by atoms with Crippen LogP contribution in [0.4, 0.5) is 0 Å². The Kier molecular flexibility index (Phi) is 4.41. The fourth-order valence-corrected chi connectivity index (χ4v) is 5.69. The van der Waals surface area contributed by atoms with E-state index in [2.05, 4.69) is 84.5 Å². The number of aromatic nitrogens is 4. The highest BCUT2D eigenvalue weighted by molar-refractivity contribution is 6.05. The first kappa shape index (κ1) is 20.5. The van der Waals surface area contributed by atoms with E-state index in [1.807, 2.05) is 6.92 Å². The zero-order valence-electron chi connectivity index (χ0n) is 20.4. The van der Waals surface area contributed by atoms with Crippen molar-refractivity contribution in [3.63, 3.8) is 0 Å². The zero-order chi connectivity index (χ0) is 23.7. The van der Waals surface area contributed by atoms with Crippen LogP contribution in [0.25, 0.3) is 55.1 Å². The number of nitrogens with one attached hydrogen (secondary N) is 2. The molecule has 1 aliphatic carbocycles. The summed E-state index contributed by atoms with van der Waals surface area (Å²) in [5.41, 5.74) is 12.4. The molecule has 35 heavy (non-hydrogen) atoms. The Morgan fingerprint density at radius 3 is 2.46 bits per heavy atom. The lowest BCUT2D eigenvalue weighted by molar-refractivity contribution is 0.692. The molecule has 2 heterocycles. The smallest absolute Gasteiger partial charge is 0.110 e. The number of hydrogen-bond acceptors (Lipinski definition) is 2. The van der Waals surface area contributed by atoms with Crippen LogP contribution in [-0.4, -0.2) is 19.9 Å². The summed E-state index contributed by atoms with van der Waals surface area (Å²) in [6.07, 6.45) is 3.15. The van der Waals surface area contributed by atoms with Crippen molar-refractivity contribution in [2.45, 2.75) is 46.0 Å². The number of nitrogens with zero attached hydrogens (tertiary/aromatic N) is 2. The Hall–Kier alpha value is -3.92. The number of rotatable bonds is 3. The van der Waals surface area contributed by atoms with Gasteiger partial charge in [-0.05, 0) is 83.2 Å². The summed E-state index contributed by atoms with van der Waals surface area (Å²) in [4.78, 5) is 16.6. The molecular formula is C31H28N4. The maximum Gasteiger partial charge on any atom is 0.110 e. The predicted octanol–water partition coefficient (Wildman–Crippen LogP) is 7.85. The minimum atomic E-state index is 0.436. The molecule has 6 aromatic rings. The molecule has 4 heteroatoms. The van der Waals surface area contributed by atoms with Gasteiger partial charge in [-0.15, -0.1) is 0 Å². The van der Waals surface area contributed by atoms with Crippen molar-refractivity contribution >= 4 is 32.8 Å². The van der Waals surface area contributed by atoms with Crippen molar-refractivity contribution in [2.24, 2.45) is 0 Å². The topological polar surface area (TPSA) is 57.4 Å². The second kappa shape index (κ2) is 7.54. The summed E-state index contributed by atoms with van der Waals surface area (Å²) >= 11 is 0. The summed E-state index contributed by atoms with van der Waals surface area (Å²) in [5, 5.41) is 2.44. The van der Waals surface area contributed by atoms with Crippen LogP contribution in [0.1, 0.15) is 49.0 Å². The Morgan fingerprint density at radius 2 is 1.57 bits per heavy atom. The van der Waals surface area contributed by atoms with E-state index in [4.69, 9.17) is 9.97 Å². The van der Waals surface area contributed by atoms with Gasteiger partial charge in [0.1, 0.15) is 11.6 Å². The number of hydrogen-bond donors (Lipinski definition) is 2. The molecule has 0 radical (unpaired) electrons. The van der Waals surface area contributed by atoms with Crippen molar-refractivity contribution in [1.82, 2.24) is 19.9 Å². The molecule has 0 fully saturated rings. The first-order valence-corrected chi connectivity index (χ1v) is 12.6. The molecule has 0 saturated heterocycles. The van der Waals surface area contributed by atoms with E-state index in [0.29, 0.717) is 5.92 Å². The van der Waals surface area contributed by atoms with Gasteiger partial charge in [-0.3, -0.25) is 0 Å². The molecule has 0 saturated carbocycles. The SMILES string of the molecule is CCC(C)c1nc2c(ccc3cc(-c4ccc5c(c4)CCc4c-5ccc5[nH]c(C)nc45)ccc32)[nH]1. The maximum atomic E-state index is 4.95. The van der Waals surface area contributed by atoms with Crippen molar-refractivity contribution < 1.29 is 0 Å². The average Bonchev–Trinajstić information content (AvgIpc) is 3.50. The number of H-pyrrole nitrogens is 2. The predicted molar refractivity (Wildman–Crippen MR) is 145 cm³/mol. The summed E-state index contributed by atoms with van der Waals surface area (Å²) in [6, 6.07) is 22.5. The fourth-order valence-electron chi connectivity index (χ4n) is 5.69. The lowest BCUT2D eigenvalue weighted by Gasteiger charge is -2.21. The molecule has 2 N–H and O–H groups in total. The minimum Gasteiger partial charge on any atom is -0.342 e. The van der Waals surface area contributed by atoms with Crippen LogP contribution in [0.15, 0.2) is 60.7 Å². The second-order valence-electron chi connectivity index (χ2n) is 10.0. The third-order valence-corrected chi connectivity index (χ3v) is 7.82. The van der Waals surface area contributed by atoms with Gasteiger partial charge in [0.05, 0.1) is 22.1 Å². The Morgan fingerprint density at radius 1 is 0.800 bits per heavy atom. The lowest BCUT2D eigenvalue weighted by atomic mass is 9.83. The molecule has 1 atom stereocenters. The number of imidazole rings is 2. The molecular weight excluding hydrogens is 428 g/mol. The molecule has 0 bridgehead atoms. The largest absolute Gasteiger partial charge is 0.342 e. The Bertz CT molecular complexity index is 1770. The van der Waals surface area contributed by atoms with Crippen LogP contribution in [0, 0.1) is 6.92 Å². The zero-order valence-corrected chi connectivity index (χ0v) is 20.4. The van der Waals surface area contributed by atoms with E-state index < -0.39 is 0 Å². The molecule has 0 amide bonds. The standard InChI is InChI=1S/C31H28N4/c1-4-17(2)31-34-28-13-8-22-16-20(6-10-24(22)29(28)35-31)19-5-9-23-21(15-19)7-11-26-25(23)12-14-27-30(26)33-18(3)32-27/h5-6,8-10,12-17H,4,7,11H2,1-3H3,(H,32,33)(H,34,35). The highest BCUT2D eigenvalue weighted by Gasteiger charge is 2.20. The van der Waals surface area contributed by atoms with E-state index >= 15 is 0 Å². The number of fused-ring (bicyclic) bond motifs is 8. The van der Waals surface area contributed by atoms with Gasteiger partial charge in [0.2, 0.25) is 0 Å². The molecule has 4 nitrogen and oxygen atoms in total. The van der Waals surface area contributed by atoms with Crippen LogP contribution in [0.2, 0.25) is 0 Å². The molecule has 4 aromatic carbocycles. The highest BCUT2D eigenvalue weighted by atomic mass is 14.9. The molecule has 7 rings (SSSR count). The van der Waals surface area contributed by atoms with E-state index in [-0.39, 0.29) is 0 Å². The quantitative estimate of drug-likeness (QED) is 0.285. The highest BCUT2D eigenvalue weighted by Crippen LogP contribution is 2.39. The summed E-state index contributed by atoms with van der Waals surface area (Å²) in [6.45, 7) is 6.46. The molecule has 172 valence electrons. The van der Waals surface area contributed by atoms with Gasteiger partial charge in [-0.25, -0.2) is 9.97 Å². The van der Waals surface area contributed by atoms with Gasteiger partial charge in [0, 0.05) is 11.3 Å². The number of benzene rings is 4. The molecule has 1 aliphatic rings. The summed E-state index contributed by atoms with van der Waals surface area (Å²) < 4.78 is 0. The molecule has 1 unspecified atom stereocenters. The summed E-state index contributed by atoms with van der Waals surface area (Å²) in [5.74, 6) is 2.50. The number of aromatic amines is 2. The molecule has 0 aliphatic heterocycles. The van der Waals surface area contributed by atoms with E-state index in [1.54, 1.807) is 0 Å². The van der Waals surface area contributed by atoms with Crippen molar-refractivity contribution in [1.29, 1.82) is 0 Å². The second-order valence-corrected chi connectivity index (χ2v) is 10.0. The van der Waals surface area contributed by atoms with Crippen LogP contribution >= 0.6 is 0 Å². The fraction of sp³-hybridized carbons (Fsp3) is 0.226. The van der Waals surface area contributed by atoms with Gasteiger partial charge >= 0.3 is 0 Å². The Labute approximate surface area is 204 Å². The van der Waals surface area contributed by atoms with E-state index in [9.17, 15) is 0 Å². The van der Waals surface area contributed by atoms with Gasteiger partial charge in [0.15, 0.2) is 0 Å². The van der Waals surface area contributed by atoms with Gasteiger partial charge in [0.25, 0.3) is 0 Å². The van der Waals surface area contributed by atoms with Crippen LogP contribution in [0.3, 0.4) is 0 Å². The molecule has 0 spiro atoms. The monoisotopic (exact) mass is 456 g/mol. The van der Waals surface area contributed by atoms with Crippen molar-refractivity contribution in [3.8, 4) is 22.3 Å². The average molecular weight is 457 g/mol. The lowest BCUT2D eigenvalue weighted by Crippen LogP contribution is -2.05. The van der Waals surface area contributed by atoms with E-state index in [0.717, 1.165) is 53.0 Å². The number of aryl methyl sites for hydroxylation is 3. The van der Waals surface area contributed by atoms with Crippen LogP contribution < -0.4 is 0 Å². The van der Waals surface area contributed by atoms with Crippen molar-refractivity contribution in [3.05, 3.63) is 83.4 Å². The first-order valence-electron chi connectivity index (χ1n) is 12.6. The molecule has 2 aromatic heterocycles. The Balaban J connectivity index is 1.30.